The van der Waals surface area contributed by atoms with E-state index in [9.17, 15) is 34.4 Å². The molecule has 3 fully saturated rings. The number of phenols is 1. The number of hydrogen-bond donors (Lipinski definition) is 1. The molecule has 6 rings (SSSR count). The zero-order valence-electron chi connectivity index (χ0n) is 23.1. The molecule has 1 N–H and O–H groups in total. The van der Waals surface area contributed by atoms with Crippen LogP contribution in [0.4, 0.5) is 11.4 Å². The molecule has 2 aromatic carbocycles. The second kappa shape index (κ2) is 9.68. The van der Waals surface area contributed by atoms with Crippen LogP contribution in [0.15, 0.2) is 48.0 Å². The Hall–Kier alpha value is -4.16. The summed E-state index contributed by atoms with van der Waals surface area (Å²) in [7, 11) is 3.99. The minimum absolute atomic E-state index is 0.112. The number of anilines is 1. The summed E-state index contributed by atoms with van der Waals surface area (Å²) in [6.07, 6.45) is 1.65. The Balaban J connectivity index is 1.54. The lowest BCUT2D eigenvalue weighted by molar-refractivity contribution is -0.384. The van der Waals surface area contributed by atoms with Gasteiger partial charge in [0.1, 0.15) is 17.2 Å². The number of non-ortho nitro benzene ring substituents is 1. The molecule has 14 heteroatoms. The Morgan fingerprint density at radius 2 is 1.58 bits per heavy atom. The van der Waals surface area contributed by atoms with Crippen molar-refractivity contribution >= 4 is 58.2 Å². The van der Waals surface area contributed by atoms with Crippen molar-refractivity contribution < 1.29 is 38.7 Å². The van der Waals surface area contributed by atoms with Crippen LogP contribution in [0.3, 0.4) is 0 Å². The van der Waals surface area contributed by atoms with Crippen molar-refractivity contribution in [3.8, 4) is 17.2 Å². The molecular formula is C29H25Cl2N3O9. The number of nitro groups is 1. The fourth-order valence-electron chi connectivity index (χ4n) is 7.25. The average Bonchev–Trinajstić information content (AvgIpc) is 3.31. The molecule has 12 nitrogen and oxygen atoms in total. The number of aromatic hydroxyl groups is 1. The average molecular weight is 630 g/mol. The predicted molar refractivity (Wildman–Crippen MR) is 152 cm³/mol. The Bertz CT molecular complexity index is 1640. The molecule has 2 aliphatic carbocycles. The highest BCUT2D eigenvalue weighted by Crippen LogP contribution is 2.67. The first-order chi connectivity index (χ1) is 20.3. The summed E-state index contributed by atoms with van der Waals surface area (Å²) in [6.45, 7) is 0. The zero-order chi connectivity index (χ0) is 31.2. The molecule has 4 aliphatic rings. The van der Waals surface area contributed by atoms with Crippen LogP contribution in [0.2, 0.25) is 0 Å². The molecule has 2 saturated heterocycles. The van der Waals surface area contributed by atoms with Gasteiger partial charge in [0, 0.05) is 42.8 Å². The third-order valence-electron chi connectivity index (χ3n) is 9.15. The van der Waals surface area contributed by atoms with Gasteiger partial charge >= 0.3 is 0 Å². The Kier molecular flexibility index (Phi) is 6.51. The quantitative estimate of drug-likeness (QED) is 0.172. The molecule has 2 aliphatic heterocycles. The maximum absolute atomic E-state index is 14.1. The molecule has 0 radical (unpaired) electrons. The number of allylic oxidation sites excluding steroid dienone is 2. The first kappa shape index (κ1) is 28.9. The molecule has 0 spiro atoms. The van der Waals surface area contributed by atoms with E-state index in [2.05, 4.69) is 0 Å². The number of nitrogens with zero attached hydrogens (tertiary/aromatic N) is 3. The number of methoxy groups -OCH3 is 2. The van der Waals surface area contributed by atoms with Crippen LogP contribution in [0.25, 0.3) is 0 Å². The molecule has 4 amide bonds. The predicted octanol–water partition coefficient (Wildman–Crippen LogP) is 3.51. The largest absolute Gasteiger partial charge is 0.508 e. The van der Waals surface area contributed by atoms with Gasteiger partial charge in [-0.2, -0.15) is 0 Å². The molecule has 224 valence electrons. The number of alkyl halides is 2. The van der Waals surface area contributed by atoms with Gasteiger partial charge in [-0.25, -0.2) is 0 Å². The van der Waals surface area contributed by atoms with Crippen LogP contribution < -0.4 is 14.4 Å². The van der Waals surface area contributed by atoms with Crippen LogP contribution in [0.1, 0.15) is 24.3 Å². The van der Waals surface area contributed by atoms with E-state index in [1.165, 1.54) is 57.7 Å². The molecule has 1 saturated carbocycles. The van der Waals surface area contributed by atoms with Gasteiger partial charge in [-0.1, -0.05) is 11.6 Å². The lowest BCUT2D eigenvalue weighted by Gasteiger charge is -2.51. The number of nitro benzene ring substituents is 1. The van der Waals surface area contributed by atoms with Crippen molar-refractivity contribution in [1.29, 1.82) is 0 Å². The van der Waals surface area contributed by atoms with Gasteiger partial charge in [-0.05, 0) is 30.9 Å². The van der Waals surface area contributed by atoms with Gasteiger partial charge in [-0.3, -0.25) is 39.1 Å². The molecule has 43 heavy (non-hydrogen) atoms. The summed E-state index contributed by atoms with van der Waals surface area (Å²) in [5.41, 5.74) is 0.729. The number of carbonyl (C=O) groups excluding carboxylic acids is 4. The number of rotatable bonds is 5. The van der Waals surface area contributed by atoms with Gasteiger partial charge in [-0.15, -0.1) is 23.2 Å². The zero-order valence-corrected chi connectivity index (χ0v) is 24.6. The monoisotopic (exact) mass is 629 g/mol. The maximum Gasteiger partial charge on any atom is 0.269 e. The van der Waals surface area contributed by atoms with E-state index in [0.29, 0.717) is 5.57 Å². The first-order valence-electron chi connectivity index (χ1n) is 13.3. The van der Waals surface area contributed by atoms with Crippen molar-refractivity contribution in [2.75, 3.05) is 26.2 Å². The first-order valence-corrected chi connectivity index (χ1v) is 14.0. The number of likely N-dealkylation sites (tertiary alicyclic amines) is 1. The number of fused-ring (bicyclic) bond motifs is 4. The number of benzene rings is 2. The minimum atomic E-state index is -2.07. The highest BCUT2D eigenvalue weighted by atomic mass is 35.5. The third-order valence-corrected chi connectivity index (χ3v) is 10.6. The molecule has 0 bridgehead atoms. The fraction of sp³-hybridized carbons (Fsp3) is 0.379. The van der Waals surface area contributed by atoms with Crippen molar-refractivity contribution in [3.63, 3.8) is 0 Å². The highest BCUT2D eigenvalue weighted by molar-refractivity contribution is 6.53. The Labute approximate surface area is 254 Å². The highest BCUT2D eigenvalue weighted by Gasteiger charge is 2.76. The lowest BCUT2D eigenvalue weighted by Crippen LogP contribution is -2.60. The Morgan fingerprint density at radius 1 is 0.977 bits per heavy atom. The van der Waals surface area contributed by atoms with Crippen molar-refractivity contribution in [2.24, 2.45) is 17.8 Å². The molecule has 0 unspecified atom stereocenters. The number of imide groups is 2. The van der Waals surface area contributed by atoms with E-state index in [-0.39, 0.29) is 47.0 Å². The van der Waals surface area contributed by atoms with E-state index in [4.69, 9.17) is 32.7 Å². The summed E-state index contributed by atoms with van der Waals surface area (Å²) in [5, 5.41) is 21.5. The number of hydrogen-bond acceptors (Lipinski definition) is 9. The second-order valence-electron chi connectivity index (χ2n) is 11.0. The van der Waals surface area contributed by atoms with Crippen molar-refractivity contribution in [1.82, 2.24) is 4.90 Å². The smallest absolute Gasteiger partial charge is 0.269 e. The topological polar surface area (TPSA) is 157 Å². The van der Waals surface area contributed by atoms with Crippen molar-refractivity contribution in [3.05, 3.63) is 63.7 Å². The number of phenolic OH excluding ortho intramolecular Hbond substituents is 1. The van der Waals surface area contributed by atoms with E-state index in [0.717, 1.165) is 9.80 Å². The normalized spacial score (nSPS) is 31.4. The van der Waals surface area contributed by atoms with Gasteiger partial charge in [0.25, 0.3) is 17.5 Å². The van der Waals surface area contributed by atoms with Gasteiger partial charge < -0.3 is 14.6 Å². The molecule has 2 heterocycles. The molecule has 2 aromatic rings. The van der Waals surface area contributed by atoms with E-state index < -0.39 is 62.0 Å². The van der Waals surface area contributed by atoms with Crippen LogP contribution >= 0.6 is 23.2 Å². The summed E-state index contributed by atoms with van der Waals surface area (Å²) < 4.78 is 11.2. The fourth-order valence-corrected chi connectivity index (χ4v) is 8.25. The number of amides is 4. The molecule has 6 atom stereocenters. The summed E-state index contributed by atoms with van der Waals surface area (Å²) >= 11 is 14.4. The summed E-state index contributed by atoms with van der Waals surface area (Å²) in [4.78, 5) is 63.5. The lowest BCUT2D eigenvalue weighted by atomic mass is 9.56. The van der Waals surface area contributed by atoms with Crippen LogP contribution in [-0.4, -0.2) is 69.6 Å². The van der Waals surface area contributed by atoms with Crippen LogP contribution in [0, 0.1) is 27.9 Å². The second-order valence-corrected chi connectivity index (χ2v) is 12.3. The van der Waals surface area contributed by atoms with Gasteiger partial charge in [0.15, 0.2) is 9.75 Å². The van der Waals surface area contributed by atoms with E-state index >= 15 is 0 Å². The van der Waals surface area contributed by atoms with Crippen LogP contribution in [-0.2, 0) is 19.2 Å². The van der Waals surface area contributed by atoms with Crippen molar-refractivity contribution in [2.45, 2.75) is 28.5 Å². The number of ether oxygens (including phenoxy) is 2. The maximum atomic E-state index is 14.1. The Morgan fingerprint density at radius 3 is 2.14 bits per heavy atom. The van der Waals surface area contributed by atoms with E-state index in [1.807, 2.05) is 0 Å². The number of halogens is 2. The summed E-state index contributed by atoms with van der Waals surface area (Å²) in [6, 6.07) is 7.70. The SMILES string of the molecule is COc1cc(O)cc(OC)c1[C@H]1C2=CC[C@@H]3C(=O)N(c4ccc([N+](=O)[O-])cc4)C(=O)[C@@H]3[C@@H]2C[C@@]2(Cl)C(=O)N(C)C(=O)[C@@]12Cl. The van der Waals surface area contributed by atoms with E-state index in [1.54, 1.807) is 6.08 Å². The molecular weight excluding hydrogens is 605 g/mol. The number of carbonyl (C=O) groups is 4. The molecule has 0 aromatic heterocycles. The van der Waals surface area contributed by atoms with Crippen LogP contribution in [0.5, 0.6) is 17.2 Å². The van der Waals surface area contributed by atoms with Gasteiger partial charge in [0.05, 0.1) is 36.7 Å². The summed E-state index contributed by atoms with van der Waals surface area (Å²) in [5.74, 6) is -6.26. The standard InChI is InChI=1S/C29H25Cl2N3O9/c1-32-26(38)28(30)12-18-16(23(29(28,31)27(32)39)22-19(42-2)10-15(35)11-20(22)43-3)8-9-17-21(18)25(37)33(24(17)36)13-4-6-14(7-5-13)34(40)41/h4-8,10-11,17-18,21,23,35H,9,12H2,1-3H3/t17-,18+,21-,23+,28+,29-/m0/s1. The van der Waals surface area contributed by atoms with Gasteiger partial charge in [0.2, 0.25) is 11.8 Å². The third kappa shape index (κ3) is 3.69. The minimum Gasteiger partial charge on any atom is -0.508 e.